The molecule has 0 fully saturated rings. The van der Waals surface area contributed by atoms with Gasteiger partial charge in [0.15, 0.2) is 0 Å². The summed E-state index contributed by atoms with van der Waals surface area (Å²) in [7, 11) is 1.90. The van der Waals surface area contributed by atoms with Gasteiger partial charge < -0.3 is 24.3 Å². The van der Waals surface area contributed by atoms with Gasteiger partial charge in [-0.15, -0.1) is 0 Å². The van der Waals surface area contributed by atoms with Crippen molar-refractivity contribution in [3.63, 3.8) is 0 Å². The van der Waals surface area contributed by atoms with E-state index < -0.39 is 17.7 Å². The molecule has 2 N–H and O–H groups in total. The van der Waals surface area contributed by atoms with Gasteiger partial charge in [0, 0.05) is 54.2 Å². The molecule has 10 heteroatoms. The van der Waals surface area contributed by atoms with Crippen LogP contribution < -0.4 is 4.74 Å². The van der Waals surface area contributed by atoms with E-state index >= 15 is 0 Å². The predicted molar refractivity (Wildman–Crippen MR) is 182 cm³/mol. The number of aromatic nitrogens is 3. The van der Waals surface area contributed by atoms with Crippen molar-refractivity contribution in [2.24, 2.45) is 7.05 Å². The van der Waals surface area contributed by atoms with Gasteiger partial charge in [-0.05, 0) is 87.2 Å². The molecule has 0 saturated heterocycles. The first-order chi connectivity index (χ1) is 22.5. The fraction of sp³-hybridized carbons (Fsp3) is 0.405. The zero-order valence-electron chi connectivity index (χ0n) is 27.3. The first-order valence-electron chi connectivity index (χ1n) is 16.3. The second-order valence-electron chi connectivity index (χ2n) is 12.9. The molecule has 1 aliphatic rings. The maximum absolute atomic E-state index is 13.8. The number of carbonyl (C=O) groups is 1. The van der Waals surface area contributed by atoms with Crippen LogP contribution in [0.4, 0.5) is 4.39 Å². The van der Waals surface area contributed by atoms with Gasteiger partial charge in [0.25, 0.3) is 0 Å². The summed E-state index contributed by atoms with van der Waals surface area (Å²) in [5.41, 5.74) is 3.97. The van der Waals surface area contributed by atoms with Crippen molar-refractivity contribution < 1.29 is 28.9 Å². The average molecular weight is 662 g/mol. The van der Waals surface area contributed by atoms with Gasteiger partial charge in [0.1, 0.15) is 23.4 Å². The largest absolute Gasteiger partial charge is 0.493 e. The lowest BCUT2D eigenvalue weighted by atomic mass is 9.92. The Morgan fingerprint density at radius 2 is 1.94 bits per heavy atom. The lowest BCUT2D eigenvalue weighted by Crippen LogP contribution is -2.24. The van der Waals surface area contributed by atoms with Gasteiger partial charge in [-0.1, -0.05) is 36.7 Å². The fourth-order valence-electron chi connectivity index (χ4n) is 7.00. The number of hydrogen-bond donors (Lipinski definition) is 2. The Kier molecular flexibility index (Phi) is 9.34. The number of fused-ring (bicyclic) bond motifs is 3. The number of aliphatic hydroxyl groups is 1. The summed E-state index contributed by atoms with van der Waals surface area (Å²) in [6.07, 6.45) is 2.96. The van der Waals surface area contributed by atoms with Crippen LogP contribution in [0.1, 0.15) is 80.0 Å². The number of aryl methyl sites for hydroxylation is 3. The minimum Gasteiger partial charge on any atom is -0.493 e. The van der Waals surface area contributed by atoms with Gasteiger partial charge in [0.2, 0.25) is 0 Å². The molecular formula is C37H41ClFN3O5. The van der Waals surface area contributed by atoms with Crippen molar-refractivity contribution in [1.29, 1.82) is 0 Å². The molecule has 5 aromatic rings. The highest BCUT2D eigenvalue weighted by Gasteiger charge is 2.33. The summed E-state index contributed by atoms with van der Waals surface area (Å²) in [6, 6.07) is 13.9. The molecule has 3 aromatic carbocycles. The summed E-state index contributed by atoms with van der Waals surface area (Å²) in [4.78, 5) is 13.0. The van der Waals surface area contributed by atoms with E-state index in [0.29, 0.717) is 74.7 Å². The Bertz CT molecular complexity index is 1960. The topological polar surface area (TPSA) is 98.7 Å². The van der Waals surface area contributed by atoms with Crippen LogP contribution in [-0.2, 0) is 31.2 Å². The molecule has 0 bridgehead atoms. The zero-order chi connectivity index (χ0) is 33.5. The highest BCUT2D eigenvalue weighted by Crippen LogP contribution is 2.45. The number of ether oxygens (including phenoxy) is 2. The number of rotatable bonds is 9. The second kappa shape index (κ2) is 13.3. The highest BCUT2D eigenvalue weighted by molar-refractivity contribution is 6.35. The van der Waals surface area contributed by atoms with Crippen LogP contribution in [-0.4, -0.2) is 49.3 Å². The summed E-state index contributed by atoms with van der Waals surface area (Å²) in [6.45, 7) is 6.86. The third-order valence-electron chi connectivity index (χ3n) is 8.97. The fourth-order valence-corrected chi connectivity index (χ4v) is 7.25. The Labute approximate surface area is 278 Å². The molecule has 1 aliphatic heterocycles. The number of halogens is 2. The van der Waals surface area contributed by atoms with Crippen LogP contribution in [0.3, 0.4) is 0 Å². The minimum atomic E-state index is -1.00. The lowest BCUT2D eigenvalue weighted by molar-refractivity contribution is -0.0249. The first kappa shape index (κ1) is 33.0. The highest BCUT2D eigenvalue weighted by atomic mass is 35.5. The van der Waals surface area contributed by atoms with E-state index in [-0.39, 0.29) is 11.5 Å². The van der Waals surface area contributed by atoms with E-state index in [4.69, 9.17) is 26.2 Å². The Morgan fingerprint density at radius 3 is 2.68 bits per heavy atom. The van der Waals surface area contributed by atoms with Gasteiger partial charge in [-0.2, -0.15) is 5.10 Å². The minimum absolute atomic E-state index is 0.251. The van der Waals surface area contributed by atoms with Crippen molar-refractivity contribution in [3.05, 3.63) is 82.0 Å². The summed E-state index contributed by atoms with van der Waals surface area (Å²) >= 11 is 7.08. The number of carboxylic acid groups (broad SMARTS) is 1. The molecule has 6 rings (SSSR count). The molecule has 0 spiro atoms. The molecule has 8 nitrogen and oxygen atoms in total. The predicted octanol–water partition coefficient (Wildman–Crippen LogP) is 8.27. The van der Waals surface area contributed by atoms with Crippen LogP contribution in [0.15, 0.2) is 48.5 Å². The van der Waals surface area contributed by atoms with Crippen LogP contribution in [0.5, 0.6) is 5.75 Å². The van der Waals surface area contributed by atoms with Crippen LogP contribution >= 0.6 is 11.6 Å². The SMILES string of the molecule is CCc1c2c(nn1C)C(CC(C)(C)O)OCCCCn1c(C(=O)O)c(CCCOc3cccc4cc(F)ccc34)c3ccc(Cl)c-2c31. The van der Waals surface area contributed by atoms with E-state index in [1.54, 1.807) is 19.9 Å². The molecule has 47 heavy (non-hydrogen) atoms. The Morgan fingerprint density at radius 1 is 1.15 bits per heavy atom. The van der Waals surface area contributed by atoms with Crippen molar-refractivity contribution >= 4 is 39.2 Å². The zero-order valence-corrected chi connectivity index (χ0v) is 28.0. The molecule has 0 aliphatic carbocycles. The average Bonchev–Trinajstić information content (AvgIpc) is 3.50. The molecule has 0 radical (unpaired) electrons. The smallest absolute Gasteiger partial charge is 0.352 e. The third-order valence-corrected chi connectivity index (χ3v) is 9.29. The third kappa shape index (κ3) is 6.49. The summed E-state index contributed by atoms with van der Waals surface area (Å²) < 4.78 is 30.1. The van der Waals surface area contributed by atoms with Crippen LogP contribution in [0.25, 0.3) is 32.8 Å². The van der Waals surface area contributed by atoms with E-state index in [1.807, 2.05) is 46.6 Å². The quantitative estimate of drug-likeness (QED) is 0.154. The molecule has 0 amide bonds. The Hall–Kier alpha value is -3.92. The Balaban J connectivity index is 1.46. The van der Waals surface area contributed by atoms with Crippen molar-refractivity contribution in [2.75, 3.05) is 13.2 Å². The van der Waals surface area contributed by atoms with E-state index in [0.717, 1.165) is 44.1 Å². The van der Waals surface area contributed by atoms with E-state index in [9.17, 15) is 19.4 Å². The molecular weight excluding hydrogens is 621 g/mol. The standard InChI is InChI=1S/C37H41ClFN3O5/c1-5-28-32-31-27(38)16-15-26-25(11-9-19-46-29-12-8-10-22-20-23(39)13-14-24(22)29)35(36(43)44)42(34(26)31)17-6-7-18-47-30(21-37(2,3)45)33(32)40-41(28)4/h8,10,12-16,20,30,45H,5-7,9,11,17-19,21H2,1-4H3,(H,43,44). The number of aromatic carboxylic acids is 1. The van der Waals surface area contributed by atoms with Crippen LogP contribution in [0.2, 0.25) is 5.02 Å². The maximum atomic E-state index is 13.8. The maximum Gasteiger partial charge on any atom is 0.352 e. The van der Waals surface area contributed by atoms with Crippen molar-refractivity contribution in [1.82, 2.24) is 14.3 Å². The molecule has 248 valence electrons. The number of nitrogens with zero attached hydrogens (tertiary/aromatic N) is 3. The van der Waals surface area contributed by atoms with Gasteiger partial charge in [-0.25, -0.2) is 9.18 Å². The lowest BCUT2D eigenvalue weighted by Gasteiger charge is -2.25. The number of benzene rings is 3. The van der Waals surface area contributed by atoms with Gasteiger partial charge in [-0.3, -0.25) is 4.68 Å². The molecule has 1 unspecified atom stereocenters. The van der Waals surface area contributed by atoms with Crippen molar-refractivity contribution in [3.8, 4) is 16.9 Å². The first-order valence-corrected chi connectivity index (χ1v) is 16.6. The molecule has 0 saturated carbocycles. The van der Waals surface area contributed by atoms with Gasteiger partial charge >= 0.3 is 5.97 Å². The number of hydrogen-bond acceptors (Lipinski definition) is 5. The molecule has 2 aromatic heterocycles. The van der Waals surface area contributed by atoms with Crippen molar-refractivity contribution in [2.45, 2.75) is 77.5 Å². The van der Waals surface area contributed by atoms with Crippen LogP contribution in [0, 0.1) is 5.82 Å². The summed E-state index contributed by atoms with van der Waals surface area (Å²) in [5, 5.41) is 29.4. The normalized spacial score (nSPS) is 15.5. The molecule has 3 heterocycles. The second-order valence-corrected chi connectivity index (χ2v) is 13.4. The van der Waals surface area contributed by atoms with E-state index in [1.165, 1.54) is 12.1 Å². The molecule has 1 atom stereocenters. The number of carboxylic acids is 1. The van der Waals surface area contributed by atoms with Gasteiger partial charge in [0.05, 0.1) is 28.4 Å². The summed E-state index contributed by atoms with van der Waals surface area (Å²) in [5.74, 6) is -0.642. The monoisotopic (exact) mass is 661 g/mol. The van der Waals surface area contributed by atoms with E-state index in [2.05, 4.69) is 6.92 Å².